The Morgan fingerprint density at radius 2 is 1.85 bits per heavy atom. The number of rotatable bonds is 6. The summed E-state index contributed by atoms with van der Waals surface area (Å²) in [6, 6.07) is 0.122. The zero-order valence-electron chi connectivity index (χ0n) is 16.8. The fraction of sp³-hybridized carbons (Fsp3) is 0.650. The molecule has 0 unspecified atom stereocenters. The minimum absolute atomic E-state index is 0.122. The molecule has 0 radical (unpaired) electrons. The Hall–Kier alpha value is -2.31. The van der Waals surface area contributed by atoms with E-state index in [-0.39, 0.29) is 24.2 Å². The van der Waals surface area contributed by atoms with Crippen molar-refractivity contribution >= 4 is 17.8 Å². The Morgan fingerprint density at radius 3 is 2.48 bits per heavy atom. The van der Waals surface area contributed by atoms with Gasteiger partial charge in [0.15, 0.2) is 6.10 Å². The normalized spacial score (nSPS) is 20.6. The number of hydrogen-bond donors (Lipinski definition) is 2. The average Bonchev–Trinajstić information content (AvgIpc) is 2.91. The van der Waals surface area contributed by atoms with Gasteiger partial charge in [-0.3, -0.25) is 4.79 Å². The molecule has 1 aromatic rings. The van der Waals surface area contributed by atoms with Gasteiger partial charge in [-0.2, -0.15) is 0 Å². The highest BCUT2D eigenvalue weighted by atomic mass is 16.5. The van der Waals surface area contributed by atoms with Gasteiger partial charge >= 0.3 is 11.9 Å². The zero-order valence-corrected chi connectivity index (χ0v) is 16.8. The van der Waals surface area contributed by atoms with Crippen molar-refractivity contribution in [3.05, 3.63) is 22.5 Å². The molecule has 7 nitrogen and oxygen atoms in total. The Bertz CT molecular complexity index is 709. The molecule has 0 spiro atoms. The van der Waals surface area contributed by atoms with E-state index in [0.29, 0.717) is 22.7 Å². The predicted molar refractivity (Wildman–Crippen MR) is 101 cm³/mol. The van der Waals surface area contributed by atoms with Gasteiger partial charge in [0, 0.05) is 11.7 Å². The fourth-order valence-electron chi connectivity index (χ4n) is 3.57. The van der Waals surface area contributed by atoms with E-state index < -0.39 is 18.0 Å². The summed E-state index contributed by atoms with van der Waals surface area (Å²) in [5, 5.41) is 2.99. The first kappa shape index (κ1) is 21.0. The molecule has 150 valence electrons. The van der Waals surface area contributed by atoms with Crippen molar-refractivity contribution in [1.29, 1.82) is 0 Å². The van der Waals surface area contributed by atoms with Crippen LogP contribution in [0.5, 0.6) is 0 Å². The molecular formula is C20H30N2O5. The fourth-order valence-corrected chi connectivity index (χ4v) is 3.57. The molecule has 1 fully saturated rings. The molecule has 1 aliphatic rings. The van der Waals surface area contributed by atoms with E-state index in [9.17, 15) is 14.4 Å². The Kier molecular flexibility index (Phi) is 7.05. The van der Waals surface area contributed by atoms with Crippen LogP contribution in [-0.2, 0) is 14.3 Å². The molecule has 1 aliphatic carbocycles. The van der Waals surface area contributed by atoms with Crippen molar-refractivity contribution in [1.82, 2.24) is 10.3 Å². The van der Waals surface area contributed by atoms with Crippen LogP contribution < -0.4 is 5.32 Å². The number of ether oxygens (including phenoxy) is 2. The molecule has 27 heavy (non-hydrogen) atoms. The van der Waals surface area contributed by atoms with Crippen LogP contribution in [0.3, 0.4) is 0 Å². The van der Waals surface area contributed by atoms with Gasteiger partial charge in [0.2, 0.25) is 0 Å². The second kappa shape index (κ2) is 9.06. The van der Waals surface area contributed by atoms with Crippen molar-refractivity contribution in [2.45, 2.75) is 72.4 Å². The molecule has 0 bridgehead atoms. The van der Waals surface area contributed by atoms with Gasteiger partial charge in [0.1, 0.15) is 5.69 Å². The van der Waals surface area contributed by atoms with Gasteiger partial charge in [0.05, 0.1) is 12.2 Å². The van der Waals surface area contributed by atoms with E-state index in [1.807, 2.05) is 0 Å². The monoisotopic (exact) mass is 378 g/mol. The van der Waals surface area contributed by atoms with Crippen LogP contribution in [0, 0.1) is 19.8 Å². The molecular weight excluding hydrogens is 348 g/mol. The summed E-state index contributed by atoms with van der Waals surface area (Å²) in [4.78, 5) is 39.8. The number of aromatic amines is 1. The first-order chi connectivity index (χ1) is 12.8. The highest BCUT2D eigenvalue weighted by Crippen LogP contribution is 2.24. The molecule has 1 aromatic heterocycles. The summed E-state index contributed by atoms with van der Waals surface area (Å²) in [5.41, 5.74) is 1.49. The van der Waals surface area contributed by atoms with Crippen molar-refractivity contribution < 1.29 is 23.9 Å². The second-order valence-corrected chi connectivity index (χ2v) is 7.27. The third kappa shape index (κ3) is 4.90. The lowest BCUT2D eigenvalue weighted by atomic mass is 9.86. The highest BCUT2D eigenvalue weighted by Gasteiger charge is 2.29. The maximum atomic E-state index is 12.5. The first-order valence-electron chi connectivity index (χ1n) is 9.63. The minimum Gasteiger partial charge on any atom is -0.462 e. The Balaban J connectivity index is 2.02. The molecule has 2 rings (SSSR count). The number of hydrogen-bond acceptors (Lipinski definition) is 5. The van der Waals surface area contributed by atoms with E-state index in [1.54, 1.807) is 27.7 Å². The van der Waals surface area contributed by atoms with Crippen LogP contribution in [0.1, 0.15) is 78.6 Å². The predicted octanol–water partition coefficient (Wildman–Crippen LogP) is 3.05. The molecule has 1 heterocycles. The SMILES string of the molecule is CCOC(=O)c1c(C)[nH]c(C(=O)O[C@@H](C)C(=O)N[C@H]2CCCC[C@@H]2C)c1C. The zero-order chi connectivity index (χ0) is 20.1. The molecule has 0 aromatic carbocycles. The number of amides is 1. The molecule has 0 saturated heterocycles. The van der Waals surface area contributed by atoms with Crippen molar-refractivity contribution in [3.63, 3.8) is 0 Å². The van der Waals surface area contributed by atoms with Crippen LogP contribution in [0.25, 0.3) is 0 Å². The number of aromatic nitrogens is 1. The van der Waals surface area contributed by atoms with Gasteiger partial charge in [-0.1, -0.05) is 19.8 Å². The number of carbonyl (C=O) groups is 3. The summed E-state index contributed by atoms with van der Waals surface area (Å²) in [5.74, 6) is -1.02. The van der Waals surface area contributed by atoms with Crippen molar-refractivity contribution in [2.75, 3.05) is 6.61 Å². The van der Waals surface area contributed by atoms with Crippen molar-refractivity contribution in [2.24, 2.45) is 5.92 Å². The molecule has 3 atom stereocenters. The van der Waals surface area contributed by atoms with Crippen LogP contribution in [0.2, 0.25) is 0 Å². The number of H-pyrrole nitrogens is 1. The van der Waals surface area contributed by atoms with E-state index in [2.05, 4.69) is 17.2 Å². The van der Waals surface area contributed by atoms with Crippen molar-refractivity contribution in [3.8, 4) is 0 Å². The average molecular weight is 378 g/mol. The van der Waals surface area contributed by atoms with Gasteiger partial charge in [-0.05, 0) is 52.0 Å². The highest BCUT2D eigenvalue weighted by molar-refractivity contribution is 5.99. The molecule has 7 heteroatoms. The van der Waals surface area contributed by atoms with E-state index in [4.69, 9.17) is 9.47 Å². The number of carbonyl (C=O) groups excluding carboxylic acids is 3. The Labute approximate surface area is 160 Å². The lowest BCUT2D eigenvalue weighted by Crippen LogP contribution is -2.46. The number of nitrogens with one attached hydrogen (secondary N) is 2. The lowest BCUT2D eigenvalue weighted by molar-refractivity contribution is -0.130. The lowest BCUT2D eigenvalue weighted by Gasteiger charge is -2.30. The van der Waals surface area contributed by atoms with Crippen LogP contribution in [-0.4, -0.2) is 41.6 Å². The standard InChI is InChI=1S/C20H30N2O5/c1-6-26-19(24)16-12(3)17(21-13(16)4)20(25)27-14(5)18(23)22-15-10-8-7-9-11(15)2/h11,14-15,21H,6-10H2,1-5H3,(H,22,23)/t11-,14-,15-/m0/s1. The second-order valence-electron chi connectivity index (χ2n) is 7.27. The van der Waals surface area contributed by atoms with E-state index >= 15 is 0 Å². The molecule has 2 N–H and O–H groups in total. The first-order valence-corrected chi connectivity index (χ1v) is 9.63. The van der Waals surface area contributed by atoms with E-state index in [1.165, 1.54) is 6.42 Å². The molecule has 1 saturated carbocycles. The van der Waals surface area contributed by atoms with Gasteiger partial charge in [-0.25, -0.2) is 9.59 Å². The van der Waals surface area contributed by atoms with Gasteiger partial charge in [-0.15, -0.1) is 0 Å². The van der Waals surface area contributed by atoms with Crippen LogP contribution in [0.4, 0.5) is 0 Å². The third-order valence-corrected chi connectivity index (χ3v) is 5.21. The minimum atomic E-state index is -0.916. The van der Waals surface area contributed by atoms with E-state index in [0.717, 1.165) is 19.3 Å². The van der Waals surface area contributed by atoms with Crippen LogP contribution in [0.15, 0.2) is 0 Å². The number of esters is 2. The summed E-state index contributed by atoms with van der Waals surface area (Å²) >= 11 is 0. The summed E-state index contributed by atoms with van der Waals surface area (Å²) in [7, 11) is 0. The van der Waals surface area contributed by atoms with Gasteiger partial charge < -0.3 is 19.8 Å². The maximum absolute atomic E-state index is 12.5. The smallest absolute Gasteiger partial charge is 0.355 e. The van der Waals surface area contributed by atoms with Crippen LogP contribution >= 0.6 is 0 Å². The number of aryl methyl sites for hydroxylation is 1. The molecule has 1 amide bonds. The Morgan fingerprint density at radius 1 is 1.19 bits per heavy atom. The van der Waals surface area contributed by atoms with Gasteiger partial charge in [0.25, 0.3) is 5.91 Å². The molecule has 0 aliphatic heterocycles. The maximum Gasteiger partial charge on any atom is 0.355 e. The third-order valence-electron chi connectivity index (χ3n) is 5.21. The quantitative estimate of drug-likeness (QED) is 0.742. The summed E-state index contributed by atoms with van der Waals surface area (Å²) in [6.45, 7) is 9.00. The largest absolute Gasteiger partial charge is 0.462 e. The summed E-state index contributed by atoms with van der Waals surface area (Å²) < 4.78 is 10.4. The summed E-state index contributed by atoms with van der Waals surface area (Å²) in [6.07, 6.45) is 3.41. The topological polar surface area (TPSA) is 97.5 Å².